The maximum atomic E-state index is 13.4. The Balaban J connectivity index is 1.35. The zero-order chi connectivity index (χ0) is 31.3. The fraction of sp³-hybridized carbons (Fsp3) is 0.867. The van der Waals surface area contributed by atoms with E-state index < -0.39 is 67.1 Å². The minimum absolute atomic E-state index is 0.0239. The molecule has 0 aromatic heterocycles. The Labute approximate surface area is 251 Å². The average molecular weight is 613 g/mol. The van der Waals surface area contributed by atoms with Gasteiger partial charge in [0, 0.05) is 25.2 Å². The van der Waals surface area contributed by atoms with Crippen LogP contribution in [0, 0.1) is 29.1 Å². The highest BCUT2D eigenvalue weighted by Crippen LogP contribution is 2.61. The molecule has 7 atom stereocenters. The minimum Gasteiger partial charge on any atom is -0.481 e. The normalized spacial score (nSPS) is 36.2. The number of carbonyl (C=O) groups excluding carboxylic acids is 2. The fourth-order valence-corrected chi connectivity index (χ4v) is 8.48. The van der Waals surface area contributed by atoms with Crippen LogP contribution in [0.2, 0.25) is 0 Å². The molecular weight excluding hydrogens is 564 g/mol. The number of aliphatic carboxylic acids is 2. The minimum atomic E-state index is -1.55. The van der Waals surface area contributed by atoms with Crippen LogP contribution in [0.3, 0.4) is 0 Å². The molecule has 5 aliphatic rings. The highest BCUT2D eigenvalue weighted by Gasteiger charge is 2.50. The van der Waals surface area contributed by atoms with Crippen molar-refractivity contribution in [3.05, 3.63) is 0 Å². The fourth-order valence-electron chi connectivity index (χ4n) is 8.48. The van der Waals surface area contributed by atoms with Crippen molar-refractivity contribution >= 4 is 23.6 Å². The smallest absolute Gasteiger partial charge is 0.303 e. The van der Waals surface area contributed by atoms with Crippen LogP contribution < -0.4 is 10.6 Å². The number of hydrogen-bond donors (Lipinski definition) is 8. The van der Waals surface area contributed by atoms with Gasteiger partial charge in [0.2, 0.25) is 5.91 Å². The van der Waals surface area contributed by atoms with Crippen LogP contribution in [-0.4, -0.2) is 104 Å². The van der Waals surface area contributed by atoms with Gasteiger partial charge in [-0.3, -0.25) is 19.2 Å². The summed E-state index contributed by atoms with van der Waals surface area (Å²) in [6.07, 6.45) is 1.95. The number of carboxylic acids is 2. The third-order valence-corrected chi connectivity index (χ3v) is 10.3. The predicted molar refractivity (Wildman–Crippen MR) is 150 cm³/mol. The second-order valence-corrected chi connectivity index (χ2v) is 13.5. The molecule has 5 fully saturated rings. The lowest BCUT2D eigenvalue weighted by Gasteiger charge is -2.57. The number of aliphatic hydroxyl groups is 4. The zero-order valence-electron chi connectivity index (χ0n) is 24.6. The van der Waals surface area contributed by atoms with Crippen molar-refractivity contribution in [3.8, 4) is 0 Å². The molecule has 0 aromatic carbocycles. The first-order valence-corrected chi connectivity index (χ1v) is 15.7. The molecule has 13 heteroatoms. The molecule has 1 unspecified atom stereocenters. The Kier molecular flexibility index (Phi) is 11.6. The zero-order valence-corrected chi connectivity index (χ0v) is 24.6. The van der Waals surface area contributed by atoms with Crippen LogP contribution in [0.4, 0.5) is 0 Å². The third-order valence-electron chi connectivity index (χ3n) is 10.3. The van der Waals surface area contributed by atoms with Gasteiger partial charge in [0.1, 0.15) is 18.3 Å². The quantitative estimate of drug-likeness (QED) is 0.110. The van der Waals surface area contributed by atoms with Gasteiger partial charge in [0.05, 0.1) is 18.7 Å². The van der Waals surface area contributed by atoms with E-state index in [-0.39, 0.29) is 56.3 Å². The van der Waals surface area contributed by atoms with Crippen LogP contribution in [0.15, 0.2) is 0 Å². The standard InChI is InChI=1S/C30H48N2O11/c33-15-22-26(39)27(40)25(29(42)43-22)31-8-6-19(1-3-23(35)36)28(41)32-20(2-4-24(37)38)21(34)5-7-30-12-16-9-17(13-30)11-18(10-16)14-30/h16-20,22,25-27,29,31,33,39-40,42H,1-15H2,(H,32,41)(H,35,36)(H,37,38)/t16?,17?,18?,19-,20-,22-,25+,26+,27-,29?,30?/m1/s1. The molecule has 5 rings (SSSR count). The molecule has 4 bridgehead atoms. The van der Waals surface area contributed by atoms with Crippen molar-refractivity contribution in [2.24, 2.45) is 29.1 Å². The van der Waals surface area contributed by atoms with Gasteiger partial charge in [-0.15, -0.1) is 0 Å². The second kappa shape index (κ2) is 14.7. The first kappa shape index (κ1) is 33.7. The summed E-state index contributed by atoms with van der Waals surface area (Å²) in [7, 11) is 0. The van der Waals surface area contributed by atoms with Crippen LogP contribution in [-0.2, 0) is 23.9 Å². The Morgan fingerprint density at radius 3 is 1.95 bits per heavy atom. The lowest BCUT2D eigenvalue weighted by atomic mass is 9.48. The van der Waals surface area contributed by atoms with Gasteiger partial charge >= 0.3 is 11.9 Å². The van der Waals surface area contributed by atoms with E-state index in [1.165, 1.54) is 19.3 Å². The maximum absolute atomic E-state index is 13.4. The molecular formula is C30H48N2O11. The van der Waals surface area contributed by atoms with E-state index in [4.69, 9.17) is 4.74 Å². The Morgan fingerprint density at radius 2 is 1.40 bits per heavy atom. The van der Waals surface area contributed by atoms with E-state index >= 15 is 0 Å². The SMILES string of the molecule is O=C(O)CC[C@H](CCN[C@@H]1C(O)O[C@H](CO)[C@H](O)[C@@H]1O)C(=O)N[C@H](CCC(=O)O)C(=O)CCC12CC3CC(CC(C3)C1)C2. The largest absolute Gasteiger partial charge is 0.481 e. The highest BCUT2D eigenvalue weighted by atomic mass is 16.6. The molecule has 1 amide bonds. The number of carboxylic acid groups (broad SMARTS) is 2. The lowest BCUT2D eigenvalue weighted by Crippen LogP contribution is -2.63. The predicted octanol–water partition coefficient (Wildman–Crippen LogP) is 0.162. The van der Waals surface area contributed by atoms with Crippen LogP contribution in [0.25, 0.3) is 0 Å². The number of ketones is 1. The molecule has 8 N–H and O–H groups in total. The molecule has 43 heavy (non-hydrogen) atoms. The summed E-state index contributed by atoms with van der Waals surface area (Å²) in [6, 6.07) is -2.13. The summed E-state index contributed by atoms with van der Waals surface area (Å²) in [4.78, 5) is 49.4. The van der Waals surface area contributed by atoms with Gasteiger partial charge in [0.25, 0.3) is 0 Å². The number of ether oxygens (including phenoxy) is 1. The van der Waals surface area contributed by atoms with Gasteiger partial charge in [-0.05, 0) is 93.9 Å². The third kappa shape index (κ3) is 8.73. The van der Waals surface area contributed by atoms with Crippen molar-refractivity contribution in [2.45, 2.75) is 120 Å². The molecule has 0 aromatic rings. The summed E-state index contributed by atoms with van der Waals surface area (Å²) in [5.74, 6) is -1.64. The molecule has 13 nitrogen and oxygen atoms in total. The molecule has 4 aliphatic carbocycles. The first-order chi connectivity index (χ1) is 20.4. The number of Topliss-reactive ketones (excluding diaryl/α,β-unsaturated/α-hetero) is 1. The van der Waals surface area contributed by atoms with Crippen LogP contribution >= 0.6 is 0 Å². The van der Waals surface area contributed by atoms with E-state index in [1.54, 1.807) is 0 Å². The topological polar surface area (TPSA) is 223 Å². The maximum Gasteiger partial charge on any atom is 0.303 e. The number of rotatable bonds is 17. The molecule has 0 radical (unpaired) electrons. The van der Waals surface area contributed by atoms with E-state index in [1.807, 2.05) is 0 Å². The van der Waals surface area contributed by atoms with Gasteiger partial charge in [0.15, 0.2) is 12.1 Å². The Morgan fingerprint density at radius 1 is 0.814 bits per heavy atom. The van der Waals surface area contributed by atoms with Crippen molar-refractivity contribution < 1.29 is 54.6 Å². The van der Waals surface area contributed by atoms with Gasteiger partial charge in [-0.1, -0.05) is 0 Å². The number of aliphatic hydroxyl groups excluding tert-OH is 4. The van der Waals surface area contributed by atoms with Crippen LogP contribution in [0.1, 0.15) is 83.5 Å². The van der Waals surface area contributed by atoms with Gasteiger partial charge in [-0.2, -0.15) is 0 Å². The van der Waals surface area contributed by atoms with E-state index in [2.05, 4.69) is 10.6 Å². The summed E-state index contributed by atoms with van der Waals surface area (Å²) < 4.78 is 5.13. The Bertz CT molecular complexity index is 971. The first-order valence-electron chi connectivity index (χ1n) is 15.7. The summed E-state index contributed by atoms with van der Waals surface area (Å²) >= 11 is 0. The van der Waals surface area contributed by atoms with Crippen LogP contribution in [0.5, 0.6) is 0 Å². The number of nitrogens with one attached hydrogen (secondary N) is 2. The molecule has 0 spiro atoms. The van der Waals surface area contributed by atoms with Gasteiger partial charge in [-0.25, -0.2) is 0 Å². The Hall–Kier alpha value is -2.16. The molecule has 4 saturated carbocycles. The van der Waals surface area contributed by atoms with E-state index in [0.717, 1.165) is 43.4 Å². The van der Waals surface area contributed by atoms with Crippen molar-refractivity contribution in [1.82, 2.24) is 10.6 Å². The van der Waals surface area contributed by atoms with Gasteiger partial charge < -0.3 is 46.0 Å². The molecule has 1 saturated heterocycles. The summed E-state index contributed by atoms with van der Waals surface area (Å²) in [5, 5.41) is 64.0. The molecule has 244 valence electrons. The monoisotopic (exact) mass is 612 g/mol. The molecule has 1 aliphatic heterocycles. The average Bonchev–Trinajstić information content (AvgIpc) is 2.94. The van der Waals surface area contributed by atoms with Crippen molar-refractivity contribution in [2.75, 3.05) is 13.2 Å². The number of amides is 1. The van der Waals surface area contributed by atoms with E-state index in [0.29, 0.717) is 0 Å². The number of hydrogen-bond acceptors (Lipinski definition) is 10. The lowest BCUT2D eigenvalue weighted by molar-refractivity contribution is -0.254. The number of carbonyl (C=O) groups is 4. The van der Waals surface area contributed by atoms with Crippen molar-refractivity contribution in [1.29, 1.82) is 0 Å². The highest BCUT2D eigenvalue weighted by molar-refractivity contribution is 5.90. The van der Waals surface area contributed by atoms with Crippen molar-refractivity contribution in [3.63, 3.8) is 0 Å². The summed E-state index contributed by atoms with van der Waals surface area (Å²) in [5.41, 5.74) is 0.157. The second-order valence-electron chi connectivity index (χ2n) is 13.5. The van der Waals surface area contributed by atoms with E-state index in [9.17, 15) is 49.8 Å². The molecule has 1 heterocycles. The summed E-state index contributed by atoms with van der Waals surface area (Å²) in [6.45, 7) is -0.583.